The fourth-order valence-corrected chi connectivity index (χ4v) is 7.54. The van der Waals surface area contributed by atoms with Gasteiger partial charge in [-0.25, -0.2) is 0 Å². The van der Waals surface area contributed by atoms with Crippen LogP contribution in [0, 0.1) is 5.92 Å². The summed E-state index contributed by atoms with van der Waals surface area (Å²) in [4.78, 5) is 30.4. The summed E-state index contributed by atoms with van der Waals surface area (Å²) in [5.41, 5.74) is 0.990. The molecule has 224 valence electrons. The highest BCUT2D eigenvalue weighted by atomic mass is 16.7. The van der Waals surface area contributed by atoms with E-state index < -0.39 is 48.3 Å². The molecule has 1 unspecified atom stereocenters. The fraction of sp³-hybridized carbons (Fsp3) is 0.548. The van der Waals surface area contributed by atoms with Crippen molar-refractivity contribution in [1.82, 2.24) is 4.90 Å². The number of Topliss-reactive ketones (excluding diaryl/α,β-unsaturated/α-hetero) is 1. The molecule has 5 heterocycles. The van der Waals surface area contributed by atoms with Crippen molar-refractivity contribution in [3.05, 3.63) is 53.6 Å². The minimum absolute atomic E-state index is 0.124. The first kappa shape index (κ1) is 27.8. The van der Waals surface area contributed by atoms with Crippen molar-refractivity contribution >= 4 is 17.4 Å². The summed E-state index contributed by atoms with van der Waals surface area (Å²) < 4.78 is 29.0. The lowest BCUT2D eigenvalue weighted by molar-refractivity contribution is -0.325. The molecule has 3 saturated heterocycles. The molecule has 9 atom stereocenters. The van der Waals surface area contributed by atoms with Gasteiger partial charge in [-0.3, -0.25) is 14.5 Å². The number of benzene rings is 2. The van der Waals surface area contributed by atoms with Crippen LogP contribution in [0.1, 0.15) is 43.2 Å². The van der Waals surface area contributed by atoms with Crippen molar-refractivity contribution in [1.29, 1.82) is 0 Å². The lowest BCUT2D eigenvalue weighted by atomic mass is 9.70. The SMILES string of the molecule is CCCC1OC[C@H]2O[C@@H](CC(=O)[C@@H]3[C@@H](c4ccc5c(c4)OCO5)CN(C)[C@@]34C(=O)Nc3ccccc34)[C@H](O)[C@@H](O)[C@@H]2O1. The van der Waals surface area contributed by atoms with Crippen LogP contribution in [-0.4, -0.2) is 90.6 Å². The number of ether oxygens (including phenoxy) is 5. The zero-order valence-electron chi connectivity index (χ0n) is 23.6. The molecule has 7 rings (SSSR count). The maximum absolute atomic E-state index is 14.5. The summed E-state index contributed by atoms with van der Waals surface area (Å²) in [6, 6.07) is 13.1. The Balaban J connectivity index is 1.22. The molecule has 5 aliphatic heterocycles. The molecule has 1 spiro atoms. The van der Waals surface area contributed by atoms with Gasteiger partial charge >= 0.3 is 0 Å². The number of para-hydroxylation sites is 1. The number of aliphatic hydroxyl groups excluding tert-OH is 2. The van der Waals surface area contributed by atoms with Crippen molar-refractivity contribution in [3.63, 3.8) is 0 Å². The average Bonchev–Trinajstić information content (AvgIpc) is 3.66. The highest BCUT2D eigenvalue weighted by molar-refractivity contribution is 6.09. The minimum Gasteiger partial charge on any atom is -0.454 e. The molecule has 0 radical (unpaired) electrons. The first-order valence-electron chi connectivity index (χ1n) is 14.7. The standard InChI is InChI=1S/C31H36N2O9/c1-3-6-25-38-14-24-29(42-25)28(36)27(35)23(41-24)12-20(34)26-17(16-9-10-21-22(11-16)40-15-39-21)13-33(2)31(26)18-7-4-5-8-19(18)32-30(31)37/h4-5,7-11,17,23-29,35-36H,3,6,12-15H2,1-2H3,(H,32,37)/t17-,23+,24-,25?,26+,27+,28-,29-,31-/m1/s1. The van der Waals surface area contributed by atoms with Crippen LogP contribution in [-0.2, 0) is 29.3 Å². The maximum atomic E-state index is 14.5. The van der Waals surface area contributed by atoms with Gasteiger partial charge in [0, 0.05) is 30.1 Å². The molecule has 5 aliphatic rings. The number of anilines is 1. The minimum atomic E-state index is -1.35. The average molecular weight is 581 g/mol. The number of ketones is 1. The number of likely N-dealkylation sites (tertiary alicyclic amines) is 1. The number of nitrogens with one attached hydrogen (secondary N) is 1. The fourth-order valence-electron chi connectivity index (χ4n) is 7.54. The number of hydrogen-bond acceptors (Lipinski definition) is 10. The second-order valence-electron chi connectivity index (χ2n) is 11.9. The van der Waals surface area contributed by atoms with Gasteiger partial charge in [-0.15, -0.1) is 0 Å². The van der Waals surface area contributed by atoms with Crippen molar-refractivity contribution in [2.75, 3.05) is 32.3 Å². The molecule has 2 aromatic carbocycles. The van der Waals surface area contributed by atoms with E-state index in [1.165, 1.54) is 0 Å². The maximum Gasteiger partial charge on any atom is 0.250 e. The van der Waals surface area contributed by atoms with Gasteiger partial charge in [0.2, 0.25) is 12.7 Å². The van der Waals surface area contributed by atoms with E-state index in [0.717, 1.165) is 17.5 Å². The summed E-state index contributed by atoms with van der Waals surface area (Å²) in [6.45, 7) is 2.75. The third-order valence-electron chi connectivity index (χ3n) is 9.49. The molecule has 42 heavy (non-hydrogen) atoms. The first-order chi connectivity index (χ1) is 20.3. The van der Waals surface area contributed by atoms with Crippen LogP contribution in [0.4, 0.5) is 5.69 Å². The molecule has 0 bridgehead atoms. The van der Waals surface area contributed by atoms with E-state index in [0.29, 0.717) is 30.2 Å². The number of carbonyl (C=O) groups is 2. The zero-order chi connectivity index (χ0) is 29.2. The van der Waals surface area contributed by atoms with E-state index in [2.05, 4.69) is 5.32 Å². The highest BCUT2D eigenvalue weighted by Crippen LogP contribution is 2.56. The number of aliphatic hydroxyl groups is 2. The monoisotopic (exact) mass is 580 g/mol. The smallest absolute Gasteiger partial charge is 0.250 e. The van der Waals surface area contributed by atoms with E-state index in [4.69, 9.17) is 23.7 Å². The Bertz CT molecular complexity index is 1380. The summed E-state index contributed by atoms with van der Waals surface area (Å²) in [7, 11) is 1.86. The molecule has 3 fully saturated rings. The van der Waals surface area contributed by atoms with Gasteiger partial charge < -0.3 is 39.2 Å². The number of carbonyl (C=O) groups excluding carboxylic acids is 2. The summed E-state index contributed by atoms with van der Waals surface area (Å²) in [6.07, 6.45) is -4.14. The van der Waals surface area contributed by atoms with Crippen LogP contribution in [0.15, 0.2) is 42.5 Å². The van der Waals surface area contributed by atoms with Crippen molar-refractivity contribution in [2.24, 2.45) is 5.92 Å². The number of amides is 1. The number of rotatable bonds is 6. The lowest BCUT2D eigenvalue weighted by Gasteiger charge is -2.47. The third-order valence-corrected chi connectivity index (χ3v) is 9.49. The Labute approximate surface area is 243 Å². The Morgan fingerprint density at radius 2 is 1.90 bits per heavy atom. The number of nitrogens with zero attached hydrogens (tertiary/aromatic N) is 1. The largest absolute Gasteiger partial charge is 0.454 e. The van der Waals surface area contributed by atoms with Gasteiger partial charge in [-0.2, -0.15) is 0 Å². The Morgan fingerprint density at radius 1 is 1.10 bits per heavy atom. The van der Waals surface area contributed by atoms with Crippen LogP contribution in [0.2, 0.25) is 0 Å². The molecule has 1 amide bonds. The van der Waals surface area contributed by atoms with Crippen LogP contribution >= 0.6 is 0 Å². The number of hydrogen-bond donors (Lipinski definition) is 3. The highest BCUT2D eigenvalue weighted by Gasteiger charge is 2.64. The molecule has 2 aromatic rings. The number of likely N-dealkylation sites (N-methyl/N-ethyl adjacent to an activating group) is 1. The molecule has 11 heteroatoms. The van der Waals surface area contributed by atoms with E-state index in [-0.39, 0.29) is 37.4 Å². The molecule has 11 nitrogen and oxygen atoms in total. The second kappa shape index (κ2) is 10.6. The Kier molecular flexibility index (Phi) is 6.99. The Morgan fingerprint density at radius 3 is 2.74 bits per heavy atom. The van der Waals surface area contributed by atoms with E-state index in [1.54, 1.807) is 0 Å². The molecule has 0 aliphatic carbocycles. The van der Waals surface area contributed by atoms with Crippen molar-refractivity contribution in [2.45, 2.75) is 74.5 Å². The number of fused-ring (bicyclic) bond motifs is 4. The van der Waals surface area contributed by atoms with Crippen molar-refractivity contribution in [3.8, 4) is 11.5 Å². The van der Waals surface area contributed by atoms with Crippen LogP contribution < -0.4 is 14.8 Å². The molecule has 0 aromatic heterocycles. The summed E-state index contributed by atoms with van der Waals surface area (Å²) in [5, 5.41) is 25.1. The normalized spacial score (nSPS) is 37.0. The predicted octanol–water partition coefficient (Wildman–Crippen LogP) is 1.90. The first-order valence-corrected chi connectivity index (χ1v) is 14.7. The molecular formula is C31H36N2O9. The third kappa shape index (κ3) is 4.17. The van der Waals surface area contributed by atoms with Crippen LogP contribution in [0.5, 0.6) is 11.5 Å². The zero-order valence-corrected chi connectivity index (χ0v) is 23.6. The predicted molar refractivity (Wildman–Crippen MR) is 148 cm³/mol. The quantitative estimate of drug-likeness (QED) is 0.465. The van der Waals surface area contributed by atoms with Crippen LogP contribution in [0.3, 0.4) is 0 Å². The second-order valence-corrected chi connectivity index (χ2v) is 11.9. The lowest BCUT2D eigenvalue weighted by Crippen LogP contribution is -2.63. The topological polar surface area (TPSA) is 136 Å². The molecule has 3 N–H and O–H groups in total. The molecule has 0 saturated carbocycles. The molecular weight excluding hydrogens is 544 g/mol. The van der Waals surface area contributed by atoms with E-state index in [1.807, 2.05) is 61.3 Å². The van der Waals surface area contributed by atoms with E-state index >= 15 is 0 Å². The van der Waals surface area contributed by atoms with Crippen LogP contribution in [0.25, 0.3) is 0 Å². The van der Waals surface area contributed by atoms with Crippen molar-refractivity contribution < 1.29 is 43.5 Å². The van der Waals surface area contributed by atoms with Gasteiger partial charge in [-0.05, 0) is 37.2 Å². The van der Waals surface area contributed by atoms with Gasteiger partial charge in [0.1, 0.15) is 35.7 Å². The Hall–Kier alpha value is -3.06. The summed E-state index contributed by atoms with van der Waals surface area (Å²) in [5.74, 6) is -0.475. The van der Waals surface area contributed by atoms with Gasteiger partial charge in [0.05, 0.1) is 18.6 Å². The van der Waals surface area contributed by atoms with Gasteiger partial charge in [0.15, 0.2) is 17.8 Å². The summed E-state index contributed by atoms with van der Waals surface area (Å²) >= 11 is 0. The van der Waals surface area contributed by atoms with E-state index in [9.17, 15) is 19.8 Å². The van der Waals surface area contributed by atoms with Gasteiger partial charge in [0.25, 0.3) is 0 Å². The van der Waals surface area contributed by atoms with Gasteiger partial charge in [-0.1, -0.05) is 37.6 Å².